The van der Waals surface area contributed by atoms with Crippen LogP contribution in [0.15, 0.2) is 27.7 Å². The van der Waals surface area contributed by atoms with Crippen molar-refractivity contribution in [2.45, 2.75) is 13.5 Å². The summed E-state index contributed by atoms with van der Waals surface area (Å²) in [6.07, 6.45) is 1.41. The minimum atomic E-state index is -0.192. The normalized spacial score (nSPS) is 10.1. The van der Waals surface area contributed by atoms with E-state index in [1.165, 1.54) is 10.9 Å². The van der Waals surface area contributed by atoms with Crippen LogP contribution in [0.3, 0.4) is 0 Å². The molecule has 0 fully saturated rings. The first-order valence-electron chi connectivity index (χ1n) is 3.57. The molecule has 0 aliphatic heterocycles. The van der Waals surface area contributed by atoms with Gasteiger partial charge in [-0.2, -0.15) is 0 Å². The molecule has 0 N–H and O–H groups in total. The maximum atomic E-state index is 11.5. The van der Waals surface area contributed by atoms with Crippen LogP contribution >= 0.6 is 27.5 Å². The van der Waals surface area contributed by atoms with E-state index in [4.69, 9.17) is 11.6 Å². The van der Waals surface area contributed by atoms with Crippen molar-refractivity contribution in [2.24, 2.45) is 0 Å². The van der Waals surface area contributed by atoms with Crippen molar-refractivity contribution < 1.29 is 0 Å². The van der Waals surface area contributed by atoms with E-state index in [9.17, 15) is 4.79 Å². The number of nitrogens with zero attached hydrogens (tertiary/aromatic N) is 2. The van der Waals surface area contributed by atoms with Crippen LogP contribution in [0.2, 0.25) is 5.15 Å². The molecule has 0 amide bonds. The molecule has 70 valence electrons. The van der Waals surface area contributed by atoms with Gasteiger partial charge in [0.1, 0.15) is 4.47 Å². The van der Waals surface area contributed by atoms with E-state index in [0.717, 1.165) is 5.57 Å². The molecule has 0 saturated heterocycles. The molecule has 0 spiro atoms. The number of halogens is 2. The van der Waals surface area contributed by atoms with Crippen LogP contribution in [-0.2, 0) is 6.54 Å². The molecule has 1 heterocycles. The molecule has 13 heavy (non-hydrogen) atoms. The van der Waals surface area contributed by atoms with E-state index in [0.29, 0.717) is 6.54 Å². The minimum Gasteiger partial charge on any atom is -0.294 e. The lowest BCUT2D eigenvalue weighted by Crippen LogP contribution is -2.21. The first kappa shape index (κ1) is 10.5. The van der Waals surface area contributed by atoms with Crippen LogP contribution in [0.4, 0.5) is 0 Å². The van der Waals surface area contributed by atoms with Gasteiger partial charge >= 0.3 is 0 Å². The summed E-state index contributed by atoms with van der Waals surface area (Å²) in [7, 11) is 0. The highest BCUT2D eigenvalue weighted by Gasteiger charge is 2.05. The molecule has 0 aliphatic rings. The fourth-order valence-corrected chi connectivity index (χ4v) is 1.30. The highest BCUT2D eigenvalue weighted by atomic mass is 79.9. The van der Waals surface area contributed by atoms with E-state index in [1.807, 2.05) is 6.92 Å². The summed E-state index contributed by atoms with van der Waals surface area (Å²) in [6.45, 7) is 6.01. The Labute approximate surface area is 89.2 Å². The van der Waals surface area contributed by atoms with E-state index >= 15 is 0 Å². The van der Waals surface area contributed by atoms with Crippen molar-refractivity contribution in [3.8, 4) is 0 Å². The molecule has 0 bridgehead atoms. The van der Waals surface area contributed by atoms with E-state index in [-0.39, 0.29) is 15.2 Å². The van der Waals surface area contributed by atoms with E-state index in [1.54, 1.807) is 0 Å². The third kappa shape index (κ3) is 2.42. The Morgan fingerprint density at radius 2 is 2.46 bits per heavy atom. The van der Waals surface area contributed by atoms with Crippen molar-refractivity contribution >= 4 is 27.5 Å². The van der Waals surface area contributed by atoms with E-state index in [2.05, 4.69) is 27.5 Å². The predicted octanol–water partition coefficient (Wildman–Crippen LogP) is 2.24. The van der Waals surface area contributed by atoms with E-state index < -0.39 is 0 Å². The first-order valence-corrected chi connectivity index (χ1v) is 4.74. The van der Waals surface area contributed by atoms with Crippen LogP contribution in [0.5, 0.6) is 0 Å². The average molecular weight is 264 g/mol. The Morgan fingerprint density at radius 1 is 1.85 bits per heavy atom. The maximum Gasteiger partial charge on any atom is 0.269 e. The Balaban J connectivity index is 3.19. The Bertz CT molecular complexity index is 400. The third-order valence-corrected chi connectivity index (χ3v) is 2.61. The topological polar surface area (TPSA) is 34.9 Å². The molecule has 0 unspecified atom stereocenters. The zero-order chi connectivity index (χ0) is 10.0. The van der Waals surface area contributed by atoms with Gasteiger partial charge in [0, 0.05) is 6.54 Å². The fourth-order valence-electron chi connectivity index (χ4n) is 0.847. The van der Waals surface area contributed by atoms with Crippen molar-refractivity contribution in [3.05, 3.63) is 38.5 Å². The number of hydrogen-bond donors (Lipinski definition) is 0. The Morgan fingerprint density at radius 3 is 3.00 bits per heavy atom. The summed E-state index contributed by atoms with van der Waals surface area (Å²) in [5.74, 6) is 0. The van der Waals surface area contributed by atoms with Gasteiger partial charge in [0.2, 0.25) is 0 Å². The van der Waals surface area contributed by atoms with Gasteiger partial charge in [-0.15, -0.1) is 0 Å². The standard InChI is InChI=1S/C8H8BrClN2O/c1-5(2)3-12-4-11-7(10)6(9)8(12)13/h4H,1,3H2,2H3. The molecule has 1 aromatic rings. The second-order valence-electron chi connectivity index (χ2n) is 2.74. The van der Waals surface area contributed by atoms with Gasteiger partial charge in [-0.3, -0.25) is 9.36 Å². The summed E-state index contributed by atoms with van der Waals surface area (Å²) >= 11 is 8.69. The summed E-state index contributed by atoms with van der Waals surface area (Å²) in [5, 5.41) is 0.183. The molecule has 0 aliphatic carbocycles. The summed E-state index contributed by atoms with van der Waals surface area (Å²) in [6, 6.07) is 0. The maximum absolute atomic E-state index is 11.5. The van der Waals surface area contributed by atoms with Gasteiger partial charge in [0.25, 0.3) is 5.56 Å². The van der Waals surface area contributed by atoms with Gasteiger partial charge in [-0.25, -0.2) is 4.98 Å². The van der Waals surface area contributed by atoms with Gasteiger partial charge in [0.15, 0.2) is 5.15 Å². The van der Waals surface area contributed by atoms with Crippen LogP contribution in [0.1, 0.15) is 6.92 Å². The van der Waals surface area contributed by atoms with Crippen LogP contribution in [0.25, 0.3) is 0 Å². The fraction of sp³-hybridized carbons (Fsp3) is 0.250. The third-order valence-electron chi connectivity index (χ3n) is 1.38. The molecular formula is C8H8BrClN2O. The Hall–Kier alpha value is -0.610. The summed E-state index contributed by atoms with van der Waals surface area (Å²) in [5.41, 5.74) is 0.695. The van der Waals surface area contributed by atoms with Crippen molar-refractivity contribution in [1.29, 1.82) is 0 Å². The molecule has 0 atom stereocenters. The molecule has 1 aromatic heterocycles. The smallest absolute Gasteiger partial charge is 0.269 e. The molecule has 3 nitrogen and oxygen atoms in total. The average Bonchev–Trinajstić information content (AvgIpc) is 2.06. The second-order valence-corrected chi connectivity index (χ2v) is 3.89. The second kappa shape index (κ2) is 4.07. The monoisotopic (exact) mass is 262 g/mol. The molecular weight excluding hydrogens is 255 g/mol. The Kier molecular flexibility index (Phi) is 3.27. The molecule has 0 aromatic carbocycles. The molecule has 0 saturated carbocycles. The van der Waals surface area contributed by atoms with Gasteiger partial charge in [0.05, 0.1) is 6.33 Å². The molecule has 0 radical (unpaired) electrons. The summed E-state index contributed by atoms with van der Waals surface area (Å²) < 4.78 is 1.73. The van der Waals surface area contributed by atoms with Gasteiger partial charge in [-0.05, 0) is 22.9 Å². The number of aromatic nitrogens is 2. The van der Waals surface area contributed by atoms with Crippen molar-refractivity contribution in [2.75, 3.05) is 0 Å². The lowest BCUT2D eigenvalue weighted by atomic mass is 10.3. The van der Waals surface area contributed by atoms with Crippen LogP contribution < -0.4 is 5.56 Å². The minimum absolute atomic E-state index is 0.183. The SMILES string of the molecule is C=C(C)Cn1cnc(Cl)c(Br)c1=O. The molecule has 5 heteroatoms. The predicted molar refractivity (Wildman–Crippen MR) is 56.0 cm³/mol. The lowest BCUT2D eigenvalue weighted by Gasteiger charge is -2.04. The quantitative estimate of drug-likeness (QED) is 0.606. The number of rotatable bonds is 2. The zero-order valence-electron chi connectivity index (χ0n) is 7.05. The highest BCUT2D eigenvalue weighted by molar-refractivity contribution is 9.10. The number of allylic oxidation sites excluding steroid dienone is 1. The van der Waals surface area contributed by atoms with Crippen molar-refractivity contribution in [1.82, 2.24) is 9.55 Å². The summed E-state index contributed by atoms with van der Waals surface area (Å²) in [4.78, 5) is 15.3. The highest BCUT2D eigenvalue weighted by Crippen LogP contribution is 2.13. The van der Waals surface area contributed by atoms with Crippen molar-refractivity contribution in [3.63, 3.8) is 0 Å². The van der Waals surface area contributed by atoms with Gasteiger partial charge < -0.3 is 0 Å². The largest absolute Gasteiger partial charge is 0.294 e. The first-order chi connectivity index (χ1) is 6.02. The van der Waals surface area contributed by atoms with Gasteiger partial charge in [-0.1, -0.05) is 23.8 Å². The van der Waals surface area contributed by atoms with Crippen LogP contribution in [0, 0.1) is 0 Å². The number of hydrogen-bond acceptors (Lipinski definition) is 2. The lowest BCUT2D eigenvalue weighted by molar-refractivity contribution is 0.722. The van der Waals surface area contributed by atoms with Crippen LogP contribution in [-0.4, -0.2) is 9.55 Å². The zero-order valence-corrected chi connectivity index (χ0v) is 9.39. The molecule has 1 rings (SSSR count).